The second kappa shape index (κ2) is 4.01. The van der Waals surface area contributed by atoms with Crippen LogP contribution in [-0.2, 0) is 6.54 Å². The Kier molecular flexibility index (Phi) is 2.55. The number of pyridine rings is 1. The van der Waals surface area contributed by atoms with Gasteiger partial charge in [0.2, 0.25) is 0 Å². The molecule has 0 bridgehead atoms. The molecule has 0 unspecified atom stereocenters. The number of fused-ring (bicyclic) bond motifs is 1. The van der Waals surface area contributed by atoms with Crippen LogP contribution in [0.5, 0.6) is 0 Å². The lowest BCUT2D eigenvalue weighted by atomic mass is 10.3. The molecule has 0 atom stereocenters. The highest BCUT2D eigenvalue weighted by molar-refractivity contribution is 5.35. The maximum atomic E-state index is 11.7. The molecule has 0 aliphatic carbocycles. The van der Waals surface area contributed by atoms with Crippen molar-refractivity contribution >= 4 is 5.65 Å². The molecule has 0 saturated carbocycles. The molecule has 4 nitrogen and oxygen atoms in total. The van der Waals surface area contributed by atoms with Crippen LogP contribution < -0.4 is 5.69 Å². The van der Waals surface area contributed by atoms with Crippen LogP contribution in [0.1, 0.15) is 12.8 Å². The number of terminal acetylenes is 1. The van der Waals surface area contributed by atoms with E-state index in [1.54, 1.807) is 12.3 Å². The Labute approximate surface area is 87.2 Å². The van der Waals surface area contributed by atoms with E-state index >= 15 is 0 Å². The first-order chi connectivity index (χ1) is 7.33. The Morgan fingerprint density at radius 3 is 3.07 bits per heavy atom. The minimum atomic E-state index is -0.109. The van der Waals surface area contributed by atoms with Gasteiger partial charge in [-0.1, -0.05) is 6.07 Å². The van der Waals surface area contributed by atoms with Crippen LogP contribution in [0.2, 0.25) is 0 Å². The molecule has 0 aliphatic heterocycles. The lowest BCUT2D eigenvalue weighted by molar-refractivity contribution is 0.568. The molecular weight excluding hydrogens is 190 g/mol. The second-order valence-electron chi connectivity index (χ2n) is 3.24. The van der Waals surface area contributed by atoms with Crippen LogP contribution in [0, 0.1) is 12.3 Å². The largest absolute Gasteiger partial charge is 0.350 e. The fourth-order valence-corrected chi connectivity index (χ4v) is 1.44. The summed E-state index contributed by atoms with van der Waals surface area (Å²) in [6, 6.07) is 5.47. The number of unbranched alkanes of at least 4 members (excludes halogenated alkanes) is 1. The van der Waals surface area contributed by atoms with Crippen molar-refractivity contribution in [3.8, 4) is 12.3 Å². The summed E-state index contributed by atoms with van der Waals surface area (Å²) in [6.07, 6.45) is 8.30. The Bertz CT molecular complexity index is 559. The quantitative estimate of drug-likeness (QED) is 0.547. The number of aryl methyl sites for hydroxylation is 1. The van der Waals surface area contributed by atoms with E-state index in [0.29, 0.717) is 18.6 Å². The number of hydrogen-bond donors (Lipinski definition) is 0. The van der Waals surface area contributed by atoms with Gasteiger partial charge in [-0.25, -0.2) is 9.48 Å². The highest BCUT2D eigenvalue weighted by atomic mass is 16.2. The Morgan fingerprint density at radius 2 is 2.33 bits per heavy atom. The Balaban J connectivity index is 2.33. The van der Waals surface area contributed by atoms with E-state index in [9.17, 15) is 4.79 Å². The molecule has 0 aromatic carbocycles. The summed E-state index contributed by atoms with van der Waals surface area (Å²) in [5.74, 6) is 2.54. The number of rotatable bonds is 3. The van der Waals surface area contributed by atoms with Gasteiger partial charge in [-0.05, 0) is 18.6 Å². The maximum Gasteiger partial charge on any atom is 0.350 e. The van der Waals surface area contributed by atoms with Crippen LogP contribution in [0.4, 0.5) is 0 Å². The van der Waals surface area contributed by atoms with Crippen molar-refractivity contribution in [1.82, 2.24) is 14.2 Å². The minimum absolute atomic E-state index is 0.109. The lowest BCUT2D eigenvalue weighted by Gasteiger charge is -1.94. The van der Waals surface area contributed by atoms with Gasteiger partial charge >= 0.3 is 5.69 Å². The zero-order valence-corrected chi connectivity index (χ0v) is 8.26. The van der Waals surface area contributed by atoms with Crippen molar-refractivity contribution in [1.29, 1.82) is 0 Å². The lowest BCUT2D eigenvalue weighted by Crippen LogP contribution is -2.20. The summed E-state index contributed by atoms with van der Waals surface area (Å²) >= 11 is 0. The van der Waals surface area contributed by atoms with Gasteiger partial charge < -0.3 is 0 Å². The molecule has 4 heteroatoms. The fourth-order valence-electron chi connectivity index (χ4n) is 1.44. The summed E-state index contributed by atoms with van der Waals surface area (Å²) in [5.41, 5.74) is 0.561. The van der Waals surface area contributed by atoms with Crippen molar-refractivity contribution < 1.29 is 0 Å². The van der Waals surface area contributed by atoms with E-state index in [1.807, 2.05) is 12.1 Å². The van der Waals surface area contributed by atoms with Crippen molar-refractivity contribution in [2.24, 2.45) is 0 Å². The Hall–Kier alpha value is -2.02. The molecule has 0 spiro atoms. The summed E-state index contributed by atoms with van der Waals surface area (Å²) < 4.78 is 2.97. The van der Waals surface area contributed by atoms with E-state index in [1.165, 1.54) is 9.08 Å². The third kappa shape index (κ3) is 1.77. The van der Waals surface area contributed by atoms with Crippen LogP contribution in [-0.4, -0.2) is 14.2 Å². The zero-order valence-electron chi connectivity index (χ0n) is 8.26. The third-order valence-corrected chi connectivity index (χ3v) is 2.18. The fraction of sp³-hybridized carbons (Fsp3) is 0.273. The molecule has 0 amide bonds. The van der Waals surface area contributed by atoms with E-state index < -0.39 is 0 Å². The third-order valence-electron chi connectivity index (χ3n) is 2.18. The summed E-state index contributed by atoms with van der Waals surface area (Å²) in [5, 5.41) is 4.18. The molecule has 0 N–H and O–H groups in total. The molecule has 2 heterocycles. The summed E-state index contributed by atoms with van der Waals surface area (Å²) in [6.45, 7) is 0.574. The second-order valence-corrected chi connectivity index (χ2v) is 3.24. The molecule has 0 fully saturated rings. The van der Waals surface area contributed by atoms with Crippen LogP contribution in [0.25, 0.3) is 5.65 Å². The predicted molar refractivity (Wildman–Crippen MR) is 57.5 cm³/mol. The normalized spacial score (nSPS) is 10.3. The molecule has 0 radical (unpaired) electrons. The van der Waals surface area contributed by atoms with Gasteiger partial charge in [-0.2, -0.15) is 0 Å². The van der Waals surface area contributed by atoms with Crippen molar-refractivity contribution in [3.05, 3.63) is 34.9 Å². The topological polar surface area (TPSA) is 39.3 Å². The zero-order chi connectivity index (χ0) is 10.7. The van der Waals surface area contributed by atoms with Crippen LogP contribution >= 0.6 is 0 Å². The first kappa shape index (κ1) is 9.53. The highest BCUT2D eigenvalue weighted by Gasteiger charge is 2.04. The van der Waals surface area contributed by atoms with Crippen molar-refractivity contribution in [2.45, 2.75) is 19.4 Å². The van der Waals surface area contributed by atoms with E-state index in [4.69, 9.17) is 6.42 Å². The SMILES string of the molecule is C#CCCCn1nc2ccccn2c1=O. The molecule has 15 heavy (non-hydrogen) atoms. The van der Waals surface area contributed by atoms with Gasteiger partial charge in [-0.15, -0.1) is 17.4 Å². The van der Waals surface area contributed by atoms with Crippen LogP contribution in [0.3, 0.4) is 0 Å². The van der Waals surface area contributed by atoms with Gasteiger partial charge in [0.05, 0.1) is 0 Å². The number of hydrogen-bond acceptors (Lipinski definition) is 2. The number of aromatic nitrogens is 3. The van der Waals surface area contributed by atoms with Gasteiger partial charge in [0.1, 0.15) is 0 Å². The average molecular weight is 201 g/mol. The highest BCUT2D eigenvalue weighted by Crippen LogP contribution is 1.96. The van der Waals surface area contributed by atoms with Crippen molar-refractivity contribution in [2.75, 3.05) is 0 Å². The van der Waals surface area contributed by atoms with E-state index in [-0.39, 0.29) is 5.69 Å². The minimum Gasteiger partial charge on any atom is -0.250 e. The molecule has 0 aliphatic rings. The van der Waals surface area contributed by atoms with Gasteiger partial charge in [-0.3, -0.25) is 4.40 Å². The molecule has 2 aromatic rings. The molecule has 76 valence electrons. The van der Waals surface area contributed by atoms with Crippen molar-refractivity contribution in [3.63, 3.8) is 0 Å². The predicted octanol–water partition coefficient (Wildman–Crippen LogP) is 0.909. The van der Waals surface area contributed by atoms with Gasteiger partial charge in [0.25, 0.3) is 0 Å². The number of nitrogens with zero attached hydrogens (tertiary/aromatic N) is 3. The smallest absolute Gasteiger partial charge is 0.250 e. The van der Waals surface area contributed by atoms with Crippen LogP contribution in [0.15, 0.2) is 29.2 Å². The monoisotopic (exact) mass is 201 g/mol. The molecule has 0 saturated heterocycles. The standard InChI is InChI=1S/C11H11N3O/c1-2-3-5-9-14-11(15)13-8-6-4-7-10(13)12-14/h1,4,6-8H,3,5,9H2. The Morgan fingerprint density at radius 1 is 1.47 bits per heavy atom. The maximum absolute atomic E-state index is 11.7. The average Bonchev–Trinajstić information content (AvgIpc) is 2.57. The first-order valence-corrected chi connectivity index (χ1v) is 4.80. The van der Waals surface area contributed by atoms with Gasteiger partial charge in [0, 0.05) is 19.2 Å². The molecule has 2 rings (SSSR count). The van der Waals surface area contributed by atoms with E-state index in [0.717, 1.165) is 6.42 Å². The summed E-state index contributed by atoms with van der Waals surface area (Å²) in [7, 11) is 0. The van der Waals surface area contributed by atoms with E-state index in [2.05, 4.69) is 11.0 Å². The summed E-state index contributed by atoms with van der Waals surface area (Å²) in [4.78, 5) is 11.7. The molecular formula is C11H11N3O. The van der Waals surface area contributed by atoms with Gasteiger partial charge in [0.15, 0.2) is 5.65 Å². The molecule has 2 aromatic heterocycles. The first-order valence-electron chi connectivity index (χ1n) is 4.80.